The molecule has 1 rings (SSSR count). The van der Waals surface area contributed by atoms with Gasteiger partial charge in [0.05, 0.1) is 17.1 Å². The SMILES string of the molecule is CCOC(=O)/C([O-])=C/c1ccnc(Cl)c1[N+](=O)[O-].[K+]. The van der Waals surface area contributed by atoms with Gasteiger partial charge in [-0.15, -0.1) is 0 Å². The molecule has 0 saturated heterocycles. The molecule has 0 atom stereocenters. The van der Waals surface area contributed by atoms with Crippen LogP contribution in [-0.4, -0.2) is 22.5 Å². The number of hydrogen-bond acceptors (Lipinski definition) is 6. The Bertz CT molecular complexity index is 521. The van der Waals surface area contributed by atoms with Gasteiger partial charge in [-0.25, -0.2) is 9.78 Å². The molecule has 1 aromatic rings. The Hall–Kier alpha value is -0.514. The van der Waals surface area contributed by atoms with Gasteiger partial charge in [0.15, 0.2) is 0 Å². The number of halogens is 1. The first-order chi connectivity index (χ1) is 8.47. The standard InChI is InChI=1S/C10H9ClN2O5.K/c1-2-18-10(15)7(14)5-6-3-4-12-9(11)8(6)13(16)17;/h3-5,14H,2H2,1H3;/q;+1/p-1/b7-5-;. The van der Waals surface area contributed by atoms with E-state index < -0.39 is 22.3 Å². The number of aromatic nitrogens is 1. The molecule has 0 aliphatic carbocycles. The summed E-state index contributed by atoms with van der Waals surface area (Å²) in [6.07, 6.45) is 1.99. The number of hydrogen-bond donors (Lipinski definition) is 0. The van der Waals surface area contributed by atoms with Crippen molar-refractivity contribution < 1.29 is 70.9 Å². The molecule has 0 aromatic carbocycles. The third-order valence-electron chi connectivity index (χ3n) is 1.86. The van der Waals surface area contributed by atoms with E-state index in [1.165, 1.54) is 19.2 Å². The minimum atomic E-state index is -1.08. The molecule has 1 aromatic heterocycles. The molecule has 96 valence electrons. The Morgan fingerprint density at radius 2 is 2.26 bits per heavy atom. The first-order valence-corrected chi connectivity index (χ1v) is 5.20. The van der Waals surface area contributed by atoms with Crippen molar-refractivity contribution in [1.29, 1.82) is 0 Å². The van der Waals surface area contributed by atoms with E-state index in [1.807, 2.05) is 0 Å². The summed E-state index contributed by atoms with van der Waals surface area (Å²) in [6, 6.07) is 1.21. The van der Waals surface area contributed by atoms with Gasteiger partial charge in [0.1, 0.15) is 0 Å². The third-order valence-corrected chi connectivity index (χ3v) is 2.13. The van der Waals surface area contributed by atoms with Crippen LogP contribution in [0.3, 0.4) is 0 Å². The molecule has 0 unspecified atom stereocenters. The van der Waals surface area contributed by atoms with Crippen molar-refractivity contribution in [2.24, 2.45) is 0 Å². The zero-order valence-electron chi connectivity index (χ0n) is 10.3. The number of nitro groups is 1. The number of esters is 1. The van der Waals surface area contributed by atoms with E-state index in [1.54, 1.807) is 0 Å². The molecule has 0 saturated carbocycles. The summed E-state index contributed by atoms with van der Waals surface area (Å²) < 4.78 is 4.47. The van der Waals surface area contributed by atoms with E-state index in [9.17, 15) is 20.0 Å². The van der Waals surface area contributed by atoms with Crippen molar-refractivity contribution in [2.75, 3.05) is 6.61 Å². The summed E-state index contributed by atoms with van der Waals surface area (Å²) in [5, 5.41) is 21.8. The number of ether oxygens (including phenoxy) is 1. The van der Waals surface area contributed by atoms with Gasteiger partial charge in [0.25, 0.3) is 0 Å². The summed E-state index contributed by atoms with van der Waals surface area (Å²) in [5.74, 6) is -2.08. The quantitative estimate of drug-likeness (QED) is 0.120. The molecule has 0 aliphatic heterocycles. The fourth-order valence-electron chi connectivity index (χ4n) is 1.14. The van der Waals surface area contributed by atoms with Crippen LogP contribution in [0.2, 0.25) is 5.15 Å². The van der Waals surface area contributed by atoms with Crippen LogP contribution in [0.1, 0.15) is 12.5 Å². The van der Waals surface area contributed by atoms with Crippen LogP contribution < -0.4 is 56.5 Å². The number of nitrogens with zero attached hydrogens (tertiary/aromatic N) is 2. The maximum absolute atomic E-state index is 11.4. The van der Waals surface area contributed by atoms with E-state index >= 15 is 0 Å². The number of pyridine rings is 1. The topological polar surface area (TPSA) is 105 Å². The molecule has 9 heteroatoms. The first kappa shape index (κ1) is 18.5. The maximum atomic E-state index is 11.4. The fourth-order valence-corrected chi connectivity index (χ4v) is 1.38. The average Bonchev–Trinajstić information content (AvgIpc) is 2.28. The van der Waals surface area contributed by atoms with Gasteiger partial charge in [-0.2, -0.15) is 0 Å². The molecule has 0 amide bonds. The Morgan fingerprint density at radius 3 is 2.79 bits per heavy atom. The largest absolute Gasteiger partial charge is 1.00 e. The van der Waals surface area contributed by atoms with Gasteiger partial charge in [0, 0.05) is 6.20 Å². The van der Waals surface area contributed by atoms with Crippen LogP contribution in [-0.2, 0) is 9.53 Å². The van der Waals surface area contributed by atoms with Crippen molar-refractivity contribution in [3.63, 3.8) is 0 Å². The van der Waals surface area contributed by atoms with Gasteiger partial charge in [-0.1, -0.05) is 11.6 Å². The smallest absolute Gasteiger partial charge is 0.868 e. The van der Waals surface area contributed by atoms with E-state index in [4.69, 9.17) is 11.6 Å². The first-order valence-electron chi connectivity index (χ1n) is 4.82. The molecule has 0 fully saturated rings. The van der Waals surface area contributed by atoms with Crippen LogP contribution in [0, 0.1) is 10.1 Å². The number of carbonyl (C=O) groups excluding carboxylic acids is 1. The zero-order valence-corrected chi connectivity index (χ0v) is 14.1. The summed E-state index contributed by atoms with van der Waals surface area (Å²) in [7, 11) is 0. The molecule has 0 bridgehead atoms. The molecular formula is C10H8ClKN2O5. The summed E-state index contributed by atoms with van der Waals surface area (Å²) >= 11 is 5.55. The van der Waals surface area contributed by atoms with Crippen molar-refractivity contribution in [2.45, 2.75) is 6.92 Å². The Morgan fingerprint density at radius 1 is 1.63 bits per heavy atom. The van der Waals surface area contributed by atoms with Crippen LogP contribution >= 0.6 is 11.6 Å². The minimum Gasteiger partial charge on any atom is -0.868 e. The second kappa shape index (κ2) is 8.62. The number of rotatable bonds is 4. The summed E-state index contributed by atoms with van der Waals surface area (Å²) in [6.45, 7) is 1.58. The van der Waals surface area contributed by atoms with Crippen LogP contribution in [0.5, 0.6) is 0 Å². The Balaban J connectivity index is 0.00000324. The zero-order chi connectivity index (χ0) is 13.7. The van der Waals surface area contributed by atoms with Crippen LogP contribution in [0.25, 0.3) is 6.08 Å². The Labute approximate surface area is 156 Å². The fraction of sp³-hybridized carbons (Fsp3) is 0.200. The normalized spacial score (nSPS) is 10.5. The second-order valence-corrected chi connectivity index (χ2v) is 3.38. The molecule has 0 N–H and O–H groups in total. The molecule has 0 spiro atoms. The van der Waals surface area contributed by atoms with E-state index in [2.05, 4.69) is 9.72 Å². The van der Waals surface area contributed by atoms with Gasteiger partial charge in [-0.3, -0.25) is 10.1 Å². The summed E-state index contributed by atoms with van der Waals surface area (Å²) in [5.41, 5.74) is -0.630. The molecule has 0 radical (unpaired) electrons. The molecule has 7 nitrogen and oxygen atoms in total. The van der Waals surface area contributed by atoms with Crippen molar-refractivity contribution in [3.05, 3.63) is 38.9 Å². The summed E-state index contributed by atoms with van der Waals surface area (Å²) in [4.78, 5) is 24.6. The third kappa shape index (κ3) is 5.17. The van der Waals surface area contributed by atoms with Crippen molar-refractivity contribution >= 4 is 29.3 Å². The van der Waals surface area contributed by atoms with Gasteiger partial charge in [-0.05, 0) is 24.8 Å². The van der Waals surface area contributed by atoms with Crippen molar-refractivity contribution in [1.82, 2.24) is 4.98 Å². The van der Waals surface area contributed by atoms with E-state index in [-0.39, 0.29) is 68.7 Å². The van der Waals surface area contributed by atoms with Crippen molar-refractivity contribution in [3.8, 4) is 0 Å². The second-order valence-electron chi connectivity index (χ2n) is 3.03. The Kier molecular flexibility index (Phi) is 8.38. The molecular weight excluding hydrogens is 303 g/mol. The van der Waals surface area contributed by atoms with Crippen LogP contribution in [0.15, 0.2) is 18.0 Å². The van der Waals surface area contributed by atoms with Crippen LogP contribution in [0.4, 0.5) is 5.69 Å². The van der Waals surface area contributed by atoms with Gasteiger partial charge < -0.3 is 9.84 Å². The number of carbonyl (C=O) groups is 1. The predicted molar refractivity (Wildman–Crippen MR) is 60.5 cm³/mol. The molecule has 19 heavy (non-hydrogen) atoms. The average molecular weight is 311 g/mol. The molecule has 0 aliphatic rings. The van der Waals surface area contributed by atoms with E-state index in [0.717, 1.165) is 6.08 Å². The minimum absolute atomic E-state index is 0. The maximum Gasteiger partial charge on any atom is 1.00 e. The van der Waals surface area contributed by atoms with Gasteiger partial charge in [0.2, 0.25) is 5.15 Å². The predicted octanol–water partition coefficient (Wildman–Crippen LogP) is -2.09. The monoisotopic (exact) mass is 310 g/mol. The van der Waals surface area contributed by atoms with Gasteiger partial charge >= 0.3 is 63.0 Å². The van der Waals surface area contributed by atoms with E-state index in [0.29, 0.717) is 0 Å². The molecule has 1 heterocycles.